The lowest BCUT2D eigenvalue weighted by Gasteiger charge is -2.23. The molecule has 1 aromatic rings. The fourth-order valence-corrected chi connectivity index (χ4v) is 1.76. The standard InChI is InChI=1S/C13H17F4NO/c1-2-18(9-13(15,16)17)8-7-12(19)10-3-5-11(14)6-4-10/h3-6,12,19H,2,7-9H2,1H3. The van der Waals surface area contributed by atoms with Crippen LogP contribution in [-0.4, -0.2) is 35.8 Å². The first-order valence-corrected chi connectivity index (χ1v) is 6.04. The Morgan fingerprint density at radius 1 is 1.21 bits per heavy atom. The fourth-order valence-electron chi connectivity index (χ4n) is 1.76. The van der Waals surface area contributed by atoms with Gasteiger partial charge in [0.05, 0.1) is 12.6 Å². The van der Waals surface area contributed by atoms with Crippen LogP contribution in [0.1, 0.15) is 25.0 Å². The van der Waals surface area contributed by atoms with E-state index in [1.807, 2.05) is 0 Å². The molecule has 0 bridgehead atoms. The highest BCUT2D eigenvalue weighted by Crippen LogP contribution is 2.20. The molecule has 1 N–H and O–H groups in total. The minimum atomic E-state index is -4.24. The molecule has 0 saturated carbocycles. The van der Waals surface area contributed by atoms with E-state index in [1.165, 1.54) is 29.2 Å². The summed E-state index contributed by atoms with van der Waals surface area (Å²) in [6, 6.07) is 5.29. The molecule has 0 aliphatic rings. The highest BCUT2D eigenvalue weighted by molar-refractivity contribution is 5.18. The van der Waals surface area contributed by atoms with Crippen LogP contribution in [0.25, 0.3) is 0 Å². The molecule has 0 amide bonds. The monoisotopic (exact) mass is 279 g/mol. The number of rotatable bonds is 6. The second-order valence-electron chi connectivity index (χ2n) is 4.34. The first-order chi connectivity index (χ1) is 8.81. The molecule has 1 atom stereocenters. The first-order valence-electron chi connectivity index (χ1n) is 6.04. The zero-order valence-electron chi connectivity index (χ0n) is 10.6. The van der Waals surface area contributed by atoms with Crippen LogP contribution < -0.4 is 0 Å². The topological polar surface area (TPSA) is 23.5 Å². The molecule has 19 heavy (non-hydrogen) atoms. The lowest BCUT2D eigenvalue weighted by atomic mass is 10.1. The van der Waals surface area contributed by atoms with Crippen molar-refractivity contribution in [3.05, 3.63) is 35.6 Å². The van der Waals surface area contributed by atoms with Crippen LogP contribution in [0, 0.1) is 5.82 Å². The summed E-state index contributed by atoms with van der Waals surface area (Å²) in [5.74, 6) is -0.414. The van der Waals surface area contributed by atoms with Crippen molar-refractivity contribution in [2.75, 3.05) is 19.6 Å². The van der Waals surface area contributed by atoms with E-state index in [4.69, 9.17) is 0 Å². The SMILES string of the molecule is CCN(CCC(O)c1ccc(F)cc1)CC(F)(F)F. The van der Waals surface area contributed by atoms with Crippen molar-refractivity contribution in [1.82, 2.24) is 4.90 Å². The van der Waals surface area contributed by atoms with E-state index >= 15 is 0 Å². The molecule has 0 aromatic heterocycles. The molecule has 1 rings (SSSR count). The average molecular weight is 279 g/mol. The summed E-state index contributed by atoms with van der Waals surface area (Å²) in [6.07, 6.45) is -4.95. The van der Waals surface area contributed by atoms with Gasteiger partial charge in [-0.2, -0.15) is 13.2 Å². The Morgan fingerprint density at radius 3 is 2.26 bits per heavy atom. The van der Waals surface area contributed by atoms with Gasteiger partial charge in [0, 0.05) is 6.54 Å². The molecule has 1 unspecified atom stereocenters. The molecule has 108 valence electrons. The molecule has 6 heteroatoms. The van der Waals surface area contributed by atoms with E-state index in [-0.39, 0.29) is 19.5 Å². The molecule has 0 heterocycles. The summed E-state index contributed by atoms with van der Waals surface area (Å²) < 4.78 is 49.4. The molecule has 0 saturated heterocycles. The van der Waals surface area contributed by atoms with Gasteiger partial charge in [0.25, 0.3) is 0 Å². The van der Waals surface area contributed by atoms with E-state index in [0.29, 0.717) is 5.56 Å². The Morgan fingerprint density at radius 2 is 1.79 bits per heavy atom. The Kier molecular flexibility index (Phi) is 5.75. The Hall–Kier alpha value is -1.14. The minimum absolute atomic E-state index is 0.133. The number of nitrogens with zero attached hydrogens (tertiary/aromatic N) is 1. The number of hydrogen-bond acceptors (Lipinski definition) is 2. The molecule has 0 fully saturated rings. The molecule has 0 radical (unpaired) electrons. The lowest BCUT2D eigenvalue weighted by Crippen LogP contribution is -2.35. The van der Waals surface area contributed by atoms with E-state index < -0.39 is 24.6 Å². The number of halogens is 4. The zero-order chi connectivity index (χ0) is 14.5. The van der Waals surface area contributed by atoms with E-state index in [2.05, 4.69) is 0 Å². The largest absolute Gasteiger partial charge is 0.401 e. The maximum Gasteiger partial charge on any atom is 0.401 e. The highest BCUT2D eigenvalue weighted by Gasteiger charge is 2.30. The third kappa shape index (κ3) is 6.02. The molecular formula is C13H17F4NO. The molecule has 1 aromatic carbocycles. The smallest absolute Gasteiger partial charge is 0.388 e. The number of aliphatic hydroxyl groups is 1. The second-order valence-corrected chi connectivity index (χ2v) is 4.34. The van der Waals surface area contributed by atoms with Gasteiger partial charge >= 0.3 is 6.18 Å². The maximum absolute atomic E-state index is 12.7. The predicted octanol–water partition coefficient (Wildman–Crippen LogP) is 3.13. The molecule has 2 nitrogen and oxygen atoms in total. The number of alkyl halides is 3. The second kappa shape index (κ2) is 6.86. The van der Waals surface area contributed by atoms with Crippen LogP contribution in [0.4, 0.5) is 17.6 Å². The Labute approximate surface area is 109 Å². The van der Waals surface area contributed by atoms with Gasteiger partial charge in [-0.15, -0.1) is 0 Å². The van der Waals surface area contributed by atoms with Gasteiger partial charge in [0.15, 0.2) is 0 Å². The van der Waals surface area contributed by atoms with Crippen molar-refractivity contribution in [3.8, 4) is 0 Å². The average Bonchev–Trinajstić information content (AvgIpc) is 2.33. The Bertz CT molecular complexity index is 377. The normalized spacial score (nSPS) is 13.8. The van der Waals surface area contributed by atoms with Crippen molar-refractivity contribution >= 4 is 0 Å². The lowest BCUT2D eigenvalue weighted by molar-refractivity contribution is -0.146. The van der Waals surface area contributed by atoms with Crippen LogP contribution in [0.2, 0.25) is 0 Å². The van der Waals surface area contributed by atoms with Crippen LogP contribution in [-0.2, 0) is 0 Å². The Balaban J connectivity index is 2.48. The molecular weight excluding hydrogens is 262 g/mol. The maximum atomic E-state index is 12.7. The van der Waals surface area contributed by atoms with Gasteiger partial charge in [-0.3, -0.25) is 4.90 Å². The van der Waals surface area contributed by atoms with Gasteiger partial charge in [0.2, 0.25) is 0 Å². The van der Waals surface area contributed by atoms with Crippen molar-refractivity contribution in [1.29, 1.82) is 0 Å². The van der Waals surface area contributed by atoms with E-state index in [1.54, 1.807) is 6.92 Å². The van der Waals surface area contributed by atoms with Crippen molar-refractivity contribution in [2.45, 2.75) is 25.6 Å². The van der Waals surface area contributed by atoms with Crippen molar-refractivity contribution in [2.24, 2.45) is 0 Å². The highest BCUT2D eigenvalue weighted by atomic mass is 19.4. The van der Waals surface area contributed by atoms with Crippen LogP contribution in [0.15, 0.2) is 24.3 Å². The number of hydrogen-bond donors (Lipinski definition) is 1. The fraction of sp³-hybridized carbons (Fsp3) is 0.538. The zero-order valence-corrected chi connectivity index (χ0v) is 10.6. The first kappa shape index (κ1) is 15.9. The third-order valence-corrected chi connectivity index (χ3v) is 2.82. The van der Waals surface area contributed by atoms with Crippen LogP contribution in [0.5, 0.6) is 0 Å². The van der Waals surface area contributed by atoms with Gasteiger partial charge in [0.1, 0.15) is 5.82 Å². The molecule has 0 aliphatic heterocycles. The van der Waals surface area contributed by atoms with Crippen molar-refractivity contribution < 1.29 is 22.7 Å². The quantitative estimate of drug-likeness (QED) is 0.809. The van der Waals surface area contributed by atoms with Gasteiger partial charge < -0.3 is 5.11 Å². The predicted molar refractivity (Wildman–Crippen MR) is 64.1 cm³/mol. The third-order valence-electron chi connectivity index (χ3n) is 2.82. The molecule has 0 spiro atoms. The van der Waals surface area contributed by atoms with Crippen molar-refractivity contribution in [3.63, 3.8) is 0 Å². The summed E-state index contributed by atoms with van der Waals surface area (Å²) >= 11 is 0. The van der Waals surface area contributed by atoms with Crippen LogP contribution in [0.3, 0.4) is 0 Å². The van der Waals surface area contributed by atoms with E-state index in [9.17, 15) is 22.7 Å². The number of benzene rings is 1. The molecule has 0 aliphatic carbocycles. The summed E-state index contributed by atoms with van der Waals surface area (Å²) in [6.45, 7) is 1.04. The minimum Gasteiger partial charge on any atom is -0.388 e. The van der Waals surface area contributed by atoms with Crippen LogP contribution >= 0.6 is 0 Å². The number of aliphatic hydroxyl groups excluding tert-OH is 1. The summed E-state index contributed by atoms with van der Waals surface area (Å²) in [7, 11) is 0. The van der Waals surface area contributed by atoms with Gasteiger partial charge in [-0.25, -0.2) is 4.39 Å². The summed E-state index contributed by atoms with van der Waals surface area (Å²) in [5.41, 5.74) is 0.504. The van der Waals surface area contributed by atoms with Gasteiger partial charge in [-0.1, -0.05) is 19.1 Å². The van der Waals surface area contributed by atoms with Gasteiger partial charge in [-0.05, 0) is 30.7 Å². The summed E-state index contributed by atoms with van der Waals surface area (Å²) in [5, 5.41) is 9.82. The summed E-state index contributed by atoms with van der Waals surface area (Å²) in [4.78, 5) is 1.22. The van der Waals surface area contributed by atoms with E-state index in [0.717, 1.165) is 0 Å².